The lowest BCUT2D eigenvalue weighted by Crippen LogP contribution is -2.43. The second kappa shape index (κ2) is 8.82. The summed E-state index contributed by atoms with van der Waals surface area (Å²) in [6, 6.07) is 14.3. The molecule has 1 atom stereocenters. The van der Waals surface area contributed by atoms with Crippen LogP contribution in [0.4, 0.5) is 0 Å². The summed E-state index contributed by atoms with van der Waals surface area (Å²) >= 11 is 2.19. The Morgan fingerprint density at radius 2 is 1.88 bits per heavy atom. The summed E-state index contributed by atoms with van der Waals surface area (Å²) in [7, 11) is 0. The molecule has 1 N–H and O–H groups in total. The second-order valence-corrected chi connectivity index (χ2v) is 6.59. The third kappa shape index (κ3) is 5.06. The van der Waals surface area contributed by atoms with Gasteiger partial charge in [-0.2, -0.15) is 0 Å². The monoisotopic (exact) mass is 437 g/mol. The highest BCUT2D eigenvalue weighted by Crippen LogP contribution is 2.14. The zero-order valence-corrected chi connectivity index (χ0v) is 15.9. The summed E-state index contributed by atoms with van der Waals surface area (Å²) in [4.78, 5) is 24.7. The van der Waals surface area contributed by atoms with E-state index in [-0.39, 0.29) is 12.5 Å². The zero-order chi connectivity index (χ0) is 17.5. The fourth-order valence-electron chi connectivity index (χ4n) is 2.26. The minimum atomic E-state index is -0.709. The molecule has 0 aliphatic rings. The quantitative estimate of drug-likeness (QED) is 0.556. The van der Waals surface area contributed by atoms with Crippen LogP contribution in [-0.2, 0) is 16.0 Å². The lowest BCUT2D eigenvalue weighted by molar-refractivity contribution is -0.145. The number of benzene rings is 2. The Kier molecular flexibility index (Phi) is 6.78. The van der Waals surface area contributed by atoms with Gasteiger partial charge in [-0.25, -0.2) is 4.79 Å². The first-order chi connectivity index (χ1) is 11.5. The molecule has 2 rings (SSSR count). The van der Waals surface area contributed by atoms with Crippen LogP contribution in [0.1, 0.15) is 28.4 Å². The van der Waals surface area contributed by atoms with E-state index in [0.29, 0.717) is 12.0 Å². The number of hydrogen-bond acceptors (Lipinski definition) is 3. The highest BCUT2D eigenvalue weighted by molar-refractivity contribution is 14.1. The Morgan fingerprint density at radius 3 is 2.50 bits per heavy atom. The number of nitrogens with one attached hydrogen (secondary N) is 1. The number of rotatable bonds is 6. The van der Waals surface area contributed by atoms with Crippen LogP contribution in [0, 0.1) is 10.5 Å². The molecule has 0 spiro atoms. The smallest absolute Gasteiger partial charge is 0.328 e. The number of carbonyl (C=O) groups excluding carboxylic acids is 2. The van der Waals surface area contributed by atoms with Gasteiger partial charge >= 0.3 is 5.97 Å². The van der Waals surface area contributed by atoms with Gasteiger partial charge in [-0.3, -0.25) is 4.79 Å². The first kappa shape index (κ1) is 18.4. The van der Waals surface area contributed by atoms with Crippen molar-refractivity contribution in [1.29, 1.82) is 0 Å². The van der Waals surface area contributed by atoms with E-state index >= 15 is 0 Å². The third-order valence-electron chi connectivity index (χ3n) is 3.59. The number of ether oxygens (including phenoxy) is 1. The molecule has 0 aromatic heterocycles. The average molecular weight is 437 g/mol. The molecule has 0 aliphatic heterocycles. The van der Waals surface area contributed by atoms with Crippen molar-refractivity contribution < 1.29 is 14.3 Å². The molecule has 0 saturated heterocycles. The third-order valence-corrected chi connectivity index (χ3v) is 4.76. The Labute approximate surface area is 155 Å². The molecule has 0 radical (unpaired) electrons. The van der Waals surface area contributed by atoms with Gasteiger partial charge in [-0.15, -0.1) is 0 Å². The molecule has 24 heavy (non-hydrogen) atoms. The largest absolute Gasteiger partial charge is 0.464 e. The number of amides is 1. The van der Waals surface area contributed by atoms with E-state index in [9.17, 15) is 9.59 Å². The highest BCUT2D eigenvalue weighted by atomic mass is 127. The van der Waals surface area contributed by atoms with Crippen LogP contribution in [0.15, 0.2) is 48.5 Å². The van der Waals surface area contributed by atoms with Crippen LogP contribution >= 0.6 is 22.6 Å². The predicted molar refractivity (Wildman–Crippen MR) is 102 cm³/mol. The summed E-state index contributed by atoms with van der Waals surface area (Å²) in [5.41, 5.74) is 2.61. The van der Waals surface area contributed by atoms with E-state index in [1.165, 1.54) is 0 Å². The van der Waals surface area contributed by atoms with Crippen molar-refractivity contribution in [3.8, 4) is 0 Å². The molecule has 1 amide bonds. The topological polar surface area (TPSA) is 55.4 Å². The first-order valence-electron chi connectivity index (χ1n) is 7.79. The van der Waals surface area contributed by atoms with E-state index in [2.05, 4.69) is 27.9 Å². The number of aryl methyl sites for hydroxylation is 1. The number of halogens is 1. The summed E-state index contributed by atoms with van der Waals surface area (Å²) in [5.74, 6) is -0.696. The Hall–Kier alpha value is -1.89. The molecule has 0 saturated carbocycles. The molecule has 5 heteroatoms. The molecule has 4 nitrogen and oxygen atoms in total. The molecule has 0 heterocycles. The maximum absolute atomic E-state index is 12.5. The minimum absolute atomic E-state index is 0.276. The van der Waals surface area contributed by atoms with Gasteiger partial charge in [0.1, 0.15) is 6.04 Å². The molecule has 1 unspecified atom stereocenters. The molecule has 0 bridgehead atoms. The van der Waals surface area contributed by atoms with E-state index < -0.39 is 12.0 Å². The van der Waals surface area contributed by atoms with Gasteiger partial charge in [0.15, 0.2) is 0 Å². The average Bonchev–Trinajstić information content (AvgIpc) is 2.57. The van der Waals surface area contributed by atoms with Gasteiger partial charge < -0.3 is 10.1 Å². The molecule has 2 aromatic carbocycles. The van der Waals surface area contributed by atoms with Gasteiger partial charge in [0.05, 0.1) is 6.61 Å². The van der Waals surface area contributed by atoms with Crippen molar-refractivity contribution >= 4 is 34.5 Å². The standard InChI is InChI=1S/C19H20INO3/c1-3-24-19(23)17(11-14-7-5-4-6-8-14)21-18(22)15-10-9-13(2)16(20)12-15/h4-10,12,17H,3,11H2,1-2H3,(H,21,22). The summed E-state index contributed by atoms with van der Waals surface area (Å²) in [5, 5.41) is 2.80. The van der Waals surface area contributed by atoms with E-state index in [1.54, 1.807) is 13.0 Å². The van der Waals surface area contributed by atoms with Gasteiger partial charge in [0.2, 0.25) is 0 Å². The minimum Gasteiger partial charge on any atom is -0.464 e. The van der Waals surface area contributed by atoms with Gasteiger partial charge in [-0.1, -0.05) is 36.4 Å². The Morgan fingerprint density at radius 1 is 1.17 bits per heavy atom. The highest BCUT2D eigenvalue weighted by Gasteiger charge is 2.23. The van der Waals surface area contributed by atoms with Crippen molar-refractivity contribution in [3.63, 3.8) is 0 Å². The molecule has 0 aliphatic carbocycles. The van der Waals surface area contributed by atoms with Crippen LogP contribution < -0.4 is 5.32 Å². The van der Waals surface area contributed by atoms with Crippen molar-refractivity contribution in [3.05, 3.63) is 68.8 Å². The van der Waals surface area contributed by atoms with Crippen LogP contribution in [-0.4, -0.2) is 24.5 Å². The van der Waals surface area contributed by atoms with Gasteiger partial charge in [0.25, 0.3) is 5.91 Å². The maximum Gasteiger partial charge on any atom is 0.328 e. The summed E-state index contributed by atoms with van der Waals surface area (Å²) in [6.45, 7) is 4.02. The van der Waals surface area contributed by atoms with Crippen LogP contribution in [0.2, 0.25) is 0 Å². The molecule has 2 aromatic rings. The Balaban J connectivity index is 2.15. The molecular weight excluding hydrogens is 417 g/mol. The zero-order valence-electron chi connectivity index (χ0n) is 13.7. The van der Waals surface area contributed by atoms with Gasteiger partial charge in [0, 0.05) is 15.6 Å². The van der Waals surface area contributed by atoms with Crippen molar-refractivity contribution in [1.82, 2.24) is 5.32 Å². The SMILES string of the molecule is CCOC(=O)C(Cc1ccccc1)NC(=O)c1ccc(C)c(I)c1. The van der Waals surface area contributed by atoms with Gasteiger partial charge in [-0.05, 0) is 59.7 Å². The molecule has 0 fully saturated rings. The predicted octanol–water partition coefficient (Wildman–Crippen LogP) is 3.50. The Bertz CT molecular complexity index is 716. The van der Waals surface area contributed by atoms with Crippen molar-refractivity contribution in [2.75, 3.05) is 6.61 Å². The van der Waals surface area contributed by atoms with E-state index in [4.69, 9.17) is 4.74 Å². The number of esters is 1. The fraction of sp³-hybridized carbons (Fsp3) is 0.263. The normalized spacial score (nSPS) is 11.6. The lowest BCUT2D eigenvalue weighted by Gasteiger charge is -2.17. The fourth-order valence-corrected chi connectivity index (χ4v) is 2.78. The maximum atomic E-state index is 12.5. The van der Waals surface area contributed by atoms with Crippen LogP contribution in [0.25, 0.3) is 0 Å². The van der Waals surface area contributed by atoms with Crippen LogP contribution in [0.5, 0.6) is 0 Å². The van der Waals surface area contributed by atoms with Crippen LogP contribution in [0.3, 0.4) is 0 Å². The van der Waals surface area contributed by atoms with Crippen molar-refractivity contribution in [2.24, 2.45) is 0 Å². The molecule has 126 valence electrons. The second-order valence-electron chi connectivity index (χ2n) is 5.43. The number of hydrogen-bond donors (Lipinski definition) is 1. The summed E-state index contributed by atoms with van der Waals surface area (Å²) in [6.07, 6.45) is 0.397. The van der Waals surface area contributed by atoms with Crippen molar-refractivity contribution in [2.45, 2.75) is 26.3 Å². The van der Waals surface area contributed by atoms with E-state index in [0.717, 1.165) is 14.7 Å². The molecular formula is C19H20INO3. The van der Waals surface area contributed by atoms with E-state index in [1.807, 2.05) is 49.4 Å². The lowest BCUT2D eigenvalue weighted by atomic mass is 10.1. The first-order valence-corrected chi connectivity index (χ1v) is 8.86. The number of carbonyl (C=O) groups is 2. The summed E-state index contributed by atoms with van der Waals surface area (Å²) < 4.78 is 6.11.